The van der Waals surface area contributed by atoms with Gasteiger partial charge in [-0.3, -0.25) is 0 Å². The maximum absolute atomic E-state index is 6.47. The molecule has 0 amide bonds. The third-order valence-corrected chi connectivity index (χ3v) is 3.48. The van der Waals surface area contributed by atoms with Crippen LogP contribution in [0.3, 0.4) is 0 Å². The topological polar surface area (TPSA) is 30.2 Å². The summed E-state index contributed by atoms with van der Waals surface area (Å²) in [4.78, 5) is 4.61. The van der Waals surface area contributed by atoms with Crippen molar-refractivity contribution >= 4 is 17.2 Å². The molecule has 0 aromatic carbocycles. The van der Waals surface area contributed by atoms with Crippen molar-refractivity contribution in [3.63, 3.8) is 0 Å². The molecule has 0 saturated carbocycles. The van der Waals surface area contributed by atoms with Crippen molar-refractivity contribution in [3.8, 4) is 0 Å². The summed E-state index contributed by atoms with van der Waals surface area (Å²) < 4.78 is 1.75. The molecule has 4 heteroatoms. The predicted molar refractivity (Wildman–Crippen MR) is 75.5 cm³/mol. The van der Waals surface area contributed by atoms with Crippen molar-refractivity contribution in [2.24, 2.45) is 0 Å². The van der Waals surface area contributed by atoms with Gasteiger partial charge in [-0.1, -0.05) is 46.2 Å². The highest BCUT2D eigenvalue weighted by Crippen LogP contribution is 2.29. The van der Waals surface area contributed by atoms with Gasteiger partial charge in [0.2, 0.25) is 0 Å². The Bertz CT molecular complexity index is 591. The first-order valence-corrected chi connectivity index (χ1v) is 6.66. The van der Waals surface area contributed by atoms with Gasteiger partial charge in [0, 0.05) is 22.7 Å². The Balaban J connectivity index is 2.75. The minimum Gasteiger partial charge on any atom is -0.233 e. The Morgan fingerprint density at radius 1 is 1.28 bits per heavy atom. The van der Waals surface area contributed by atoms with Crippen LogP contribution in [-0.2, 0) is 5.41 Å². The number of halogens is 1. The zero-order chi connectivity index (χ0) is 13.7. The summed E-state index contributed by atoms with van der Waals surface area (Å²) in [5.74, 6) is 0.344. The van der Waals surface area contributed by atoms with E-state index >= 15 is 0 Å². The molecule has 0 fully saturated rings. The van der Waals surface area contributed by atoms with Gasteiger partial charge in [-0.05, 0) is 12.8 Å². The van der Waals surface area contributed by atoms with Crippen LogP contribution >= 0.6 is 11.6 Å². The number of nitrogens with zero attached hydrogens (tertiary/aromatic N) is 3. The molecule has 2 aromatic heterocycles. The van der Waals surface area contributed by atoms with Gasteiger partial charge in [-0.15, -0.1) is 0 Å². The van der Waals surface area contributed by atoms with Crippen LogP contribution in [0.15, 0.2) is 6.07 Å². The van der Waals surface area contributed by atoms with Crippen LogP contribution in [0.25, 0.3) is 5.65 Å². The lowest BCUT2D eigenvalue weighted by Crippen LogP contribution is -2.12. The average Bonchev–Trinajstić information content (AvgIpc) is 2.60. The van der Waals surface area contributed by atoms with Crippen molar-refractivity contribution in [1.29, 1.82) is 0 Å². The second-order valence-corrected chi connectivity index (χ2v) is 6.46. The van der Waals surface area contributed by atoms with Crippen LogP contribution in [0.5, 0.6) is 0 Å². The SMILES string of the molecule is Cc1nc2cc(C(C)(C)C)nn2c(Cl)c1C(C)C. The molecule has 0 N–H and O–H groups in total. The lowest BCUT2D eigenvalue weighted by molar-refractivity contribution is 0.562. The second-order valence-electron chi connectivity index (χ2n) is 6.11. The summed E-state index contributed by atoms with van der Waals surface area (Å²) in [6.45, 7) is 12.7. The van der Waals surface area contributed by atoms with Crippen molar-refractivity contribution in [1.82, 2.24) is 14.6 Å². The lowest BCUT2D eigenvalue weighted by Gasteiger charge is -2.14. The summed E-state index contributed by atoms with van der Waals surface area (Å²) >= 11 is 6.47. The minimum absolute atomic E-state index is 0.00290. The third-order valence-electron chi connectivity index (χ3n) is 3.12. The van der Waals surface area contributed by atoms with Gasteiger partial charge in [0.15, 0.2) is 5.65 Å². The van der Waals surface area contributed by atoms with Crippen LogP contribution in [0.4, 0.5) is 0 Å². The van der Waals surface area contributed by atoms with Crippen LogP contribution in [0, 0.1) is 6.92 Å². The molecule has 0 unspecified atom stereocenters. The number of rotatable bonds is 1. The van der Waals surface area contributed by atoms with Gasteiger partial charge in [0.05, 0.1) is 5.69 Å². The molecule has 3 nitrogen and oxygen atoms in total. The van der Waals surface area contributed by atoms with Gasteiger partial charge < -0.3 is 0 Å². The summed E-state index contributed by atoms with van der Waals surface area (Å²) in [5.41, 5.74) is 3.91. The molecule has 0 aliphatic heterocycles. The van der Waals surface area contributed by atoms with E-state index in [1.807, 2.05) is 13.0 Å². The van der Waals surface area contributed by atoms with E-state index in [-0.39, 0.29) is 5.41 Å². The molecule has 2 aromatic rings. The van der Waals surface area contributed by atoms with Gasteiger partial charge in [-0.25, -0.2) is 9.50 Å². The fraction of sp³-hybridized carbons (Fsp3) is 0.571. The van der Waals surface area contributed by atoms with Gasteiger partial charge in [-0.2, -0.15) is 5.10 Å². The highest BCUT2D eigenvalue weighted by molar-refractivity contribution is 6.30. The summed E-state index contributed by atoms with van der Waals surface area (Å²) in [5, 5.41) is 5.27. The fourth-order valence-corrected chi connectivity index (χ4v) is 2.59. The van der Waals surface area contributed by atoms with Crippen LogP contribution in [0.1, 0.15) is 57.5 Å². The van der Waals surface area contributed by atoms with E-state index in [2.05, 4.69) is 44.7 Å². The van der Waals surface area contributed by atoms with Crippen LogP contribution in [0.2, 0.25) is 5.15 Å². The summed E-state index contributed by atoms with van der Waals surface area (Å²) in [7, 11) is 0. The maximum atomic E-state index is 6.47. The van der Waals surface area contributed by atoms with Crippen molar-refractivity contribution in [2.45, 2.75) is 52.9 Å². The Morgan fingerprint density at radius 3 is 2.39 bits per heavy atom. The van der Waals surface area contributed by atoms with E-state index in [1.165, 1.54) is 0 Å². The monoisotopic (exact) mass is 265 g/mol. The van der Waals surface area contributed by atoms with Crippen molar-refractivity contribution in [3.05, 3.63) is 28.2 Å². The number of aromatic nitrogens is 3. The van der Waals surface area contributed by atoms with Crippen molar-refractivity contribution < 1.29 is 0 Å². The van der Waals surface area contributed by atoms with Crippen molar-refractivity contribution in [2.75, 3.05) is 0 Å². The Kier molecular flexibility index (Phi) is 3.14. The Morgan fingerprint density at radius 2 is 1.89 bits per heavy atom. The fourth-order valence-electron chi connectivity index (χ4n) is 2.11. The molecule has 18 heavy (non-hydrogen) atoms. The summed E-state index contributed by atoms with van der Waals surface area (Å²) in [6, 6.07) is 2.02. The lowest BCUT2D eigenvalue weighted by atomic mass is 9.93. The van der Waals surface area contributed by atoms with Crippen LogP contribution < -0.4 is 0 Å². The molecule has 0 atom stereocenters. The normalized spacial score (nSPS) is 12.7. The average molecular weight is 266 g/mol. The first-order chi connectivity index (χ1) is 8.21. The highest BCUT2D eigenvalue weighted by atomic mass is 35.5. The largest absolute Gasteiger partial charge is 0.233 e. The quantitative estimate of drug-likeness (QED) is 0.727. The molecule has 0 aliphatic carbocycles. The molecule has 0 bridgehead atoms. The standard InChI is InChI=1S/C14H20ClN3/c1-8(2)12-9(3)16-11-7-10(14(4,5)6)17-18(11)13(12)15/h7-8H,1-6H3. The third kappa shape index (κ3) is 2.12. The van der Waals surface area contributed by atoms with Gasteiger partial charge in [0.1, 0.15) is 5.15 Å². The Hall–Kier alpha value is -1.09. The van der Waals surface area contributed by atoms with E-state index in [0.29, 0.717) is 11.1 Å². The van der Waals surface area contributed by atoms with E-state index in [0.717, 1.165) is 22.6 Å². The van der Waals surface area contributed by atoms with Gasteiger partial charge in [0.25, 0.3) is 0 Å². The molecule has 2 rings (SSSR count). The second kappa shape index (κ2) is 4.23. The zero-order valence-corrected chi connectivity index (χ0v) is 12.6. The Labute approximate surface area is 113 Å². The van der Waals surface area contributed by atoms with Gasteiger partial charge >= 0.3 is 0 Å². The molecule has 0 spiro atoms. The number of hydrogen-bond donors (Lipinski definition) is 0. The molecule has 0 radical (unpaired) electrons. The highest BCUT2D eigenvalue weighted by Gasteiger charge is 2.21. The molecule has 2 heterocycles. The first kappa shape index (κ1) is 13.3. The smallest absolute Gasteiger partial charge is 0.157 e. The van der Waals surface area contributed by atoms with E-state index in [4.69, 9.17) is 11.6 Å². The van der Waals surface area contributed by atoms with Crippen LogP contribution in [-0.4, -0.2) is 14.6 Å². The molecular formula is C14H20ClN3. The van der Waals surface area contributed by atoms with E-state index < -0.39 is 0 Å². The molecular weight excluding hydrogens is 246 g/mol. The molecule has 0 saturated heterocycles. The predicted octanol–water partition coefficient (Wildman–Crippen LogP) is 4.11. The number of hydrogen-bond acceptors (Lipinski definition) is 2. The molecule has 0 aliphatic rings. The van der Waals surface area contributed by atoms with E-state index in [1.54, 1.807) is 4.52 Å². The molecule has 98 valence electrons. The summed E-state index contributed by atoms with van der Waals surface area (Å²) in [6.07, 6.45) is 0. The van der Waals surface area contributed by atoms with E-state index in [9.17, 15) is 0 Å². The number of aryl methyl sites for hydroxylation is 1. The maximum Gasteiger partial charge on any atom is 0.157 e. The number of fused-ring (bicyclic) bond motifs is 1. The first-order valence-electron chi connectivity index (χ1n) is 6.28. The minimum atomic E-state index is 0.00290. The zero-order valence-electron chi connectivity index (χ0n) is 11.9.